The van der Waals surface area contributed by atoms with Crippen LogP contribution < -0.4 is 16.4 Å². The number of amides is 2. The molecule has 0 aromatic heterocycles. The molecule has 5 N–H and O–H groups in total. The van der Waals surface area contributed by atoms with Gasteiger partial charge in [-0.15, -0.1) is 0 Å². The van der Waals surface area contributed by atoms with Crippen LogP contribution in [0.1, 0.15) is 49.4 Å². The van der Waals surface area contributed by atoms with Crippen molar-refractivity contribution < 1.29 is 29.0 Å². The van der Waals surface area contributed by atoms with E-state index in [9.17, 15) is 24.3 Å². The molecule has 1 rings (SSSR count). The number of ketones is 1. The lowest BCUT2D eigenvalue weighted by Gasteiger charge is -2.20. The number of hydrogen-bond acceptors (Lipinski definition) is 8. The van der Waals surface area contributed by atoms with Gasteiger partial charge in [0.05, 0.1) is 17.1 Å². The fourth-order valence-electron chi connectivity index (χ4n) is 3.26. The van der Waals surface area contributed by atoms with Gasteiger partial charge in [-0.25, -0.2) is 4.79 Å². The van der Waals surface area contributed by atoms with Gasteiger partial charge in [-0.05, 0) is 55.2 Å². The molecule has 0 bridgehead atoms. The maximum atomic E-state index is 13.0. The van der Waals surface area contributed by atoms with E-state index in [2.05, 4.69) is 10.6 Å². The summed E-state index contributed by atoms with van der Waals surface area (Å²) in [7, 11) is 1.63. The Morgan fingerprint density at radius 1 is 1.17 bits per heavy atom. The molecule has 11 heteroatoms. The number of Topliss-reactive ketones (excluding diaryl/α,β-unsaturated/α-hetero) is 1. The highest BCUT2D eigenvalue weighted by atomic mass is 32.2. The number of rotatable bonds is 18. The maximum Gasteiger partial charge on any atom is 0.326 e. The van der Waals surface area contributed by atoms with Gasteiger partial charge in [-0.1, -0.05) is 13.3 Å². The van der Waals surface area contributed by atoms with E-state index >= 15 is 0 Å². The predicted octanol–water partition coefficient (Wildman–Crippen LogP) is 3.29. The normalized spacial score (nSPS) is 12.5. The van der Waals surface area contributed by atoms with Gasteiger partial charge in [-0.2, -0.15) is 23.5 Å². The molecular formula is C24H37N3O6S2. The topological polar surface area (TPSA) is 148 Å². The number of carbonyl (C=O) groups is 4. The molecule has 0 aliphatic rings. The number of methoxy groups -OCH3 is 1. The van der Waals surface area contributed by atoms with Gasteiger partial charge in [0, 0.05) is 31.6 Å². The molecule has 1 aromatic carbocycles. The summed E-state index contributed by atoms with van der Waals surface area (Å²) < 4.78 is 4.98. The van der Waals surface area contributed by atoms with E-state index in [1.807, 2.05) is 13.2 Å². The summed E-state index contributed by atoms with van der Waals surface area (Å²) >= 11 is 3.03. The molecule has 0 saturated carbocycles. The largest absolute Gasteiger partial charge is 0.480 e. The van der Waals surface area contributed by atoms with Crippen LogP contribution in [-0.4, -0.2) is 71.9 Å². The Kier molecular flexibility index (Phi) is 15.2. The summed E-state index contributed by atoms with van der Waals surface area (Å²) in [5.74, 6) is -1.01. The first-order chi connectivity index (χ1) is 16.7. The average molecular weight is 528 g/mol. The third-order valence-electron chi connectivity index (χ3n) is 5.18. The molecule has 2 unspecified atom stereocenters. The number of carboxylic acid groups (broad SMARTS) is 1. The van der Waals surface area contributed by atoms with Crippen LogP contribution in [0.25, 0.3) is 0 Å². The number of hydrogen-bond donors (Lipinski definition) is 4. The minimum absolute atomic E-state index is 0.0719. The summed E-state index contributed by atoms with van der Waals surface area (Å²) in [5, 5.41) is 14.7. The number of carbonyl (C=O) groups excluding carboxylic acids is 3. The Morgan fingerprint density at radius 3 is 2.54 bits per heavy atom. The summed E-state index contributed by atoms with van der Waals surface area (Å²) in [5.41, 5.74) is 6.99. The summed E-state index contributed by atoms with van der Waals surface area (Å²) in [6.07, 6.45) is 4.04. The molecule has 1 aromatic rings. The van der Waals surface area contributed by atoms with Crippen LogP contribution in [0.3, 0.4) is 0 Å². The lowest BCUT2D eigenvalue weighted by Crippen LogP contribution is -2.44. The Hall–Kier alpha value is -2.24. The lowest BCUT2D eigenvalue weighted by atomic mass is 9.94. The van der Waals surface area contributed by atoms with Crippen molar-refractivity contribution in [3.63, 3.8) is 0 Å². The van der Waals surface area contributed by atoms with Gasteiger partial charge in [-0.3, -0.25) is 14.4 Å². The molecular weight excluding hydrogens is 490 g/mol. The van der Waals surface area contributed by atoms with Gasteiger partial charge in [0.1, 0.15) is 6.04 Å². The molecule has 0 radical (unpaired) electrons. The Labute approximate surface area is 215 Å². The third-order valence-corrected chi connectivity index (χ3v) is 6.87. The van der Waals surface area contributed by atoms with Crippen molar-refractivity contribution in [2.45, 2.75) is 45.1 Å². The van der Waals surface area contributed by atoms with Gasteiger partial charge < -0.3 is 26.2 Å². The van der Waals surface area contributed by atoms with Crippen LogP contribution in [-0.2, 0) is 19.1 Å². The van der Waals surface area contributed by atoms with Crippen LogP contribution in [0.2, 0.25) is 0 Å². The summed E-state index contributed by atoms with van der Waals surface area (Å²) in [6, 6.07) is 3.65. The quantitative estimate of drug-likeness (QED) is 0.128. The first-order valence-electron chi connectivity index (χ1n) is 11.5. The zero-order valence-electron chi connectivity index (χ0n) is 20.6. The SMILES string of the molecule is CCCC(NC(=O)C(CCSC)CC(=O)c1ccc(N)c(NC(=O)CSCCCOC)c1)C(=O)O. The minimum Gasteiger partial charge on any atom is -0.480 e. The van der Waals surface area contributed by atoms with Crippen molar-refractivity contribution in [2.75, 3.05) is 48.3 Å². The number of thioether (sulfide) groups is 2. The van der Waals surface area contributed by atoms with E-state index in [0.29, 0.717) is 48.6 Å². The van der Waals surface area contributed by atoms with Crippen LogP contribution in [0.15, 0.2) is 18.2 Å². The third kappa shape index (κ3) is 11.8. The number of nitrogens with one attached hydrogen (secondary N) is 2. The van der Waals surface area contributed by atoms with Crippen molar-refractivity contribution in [1.82, 2.24) is 5.32 Å². The van der Waals surface area contributed by atoms with Gasteiger partial charge in [0.2, 0.25) is 11.8 Å². The number of aliphatic carboxylic acids is 1. The molecule has 35 heavy (non-hydrogen) atoms. The van der Waals surface area contributed by atoms with Crippen molar-refractivity contribution in [3.05, 3.63) is 23.8 Å². The van der Waals surface area contributed by atoms with E-state index in [0.717, 1.165) is 12.2 Å². The highest BCUT2D eigenvalue weighted by molar-refractivity contribution is 7.99. The van der Waals surface area contributed by atoms with Crippen LogP contribution in [0, 0.1) is 5.92 Å². The van der Waals surface area contributed by atoms with Crippen molar-refractivity contribution in [2.24, 2.45) is 5.92 Å². The van der Waals surface area contributed by atoms with E-state index in [-0.39, 0.29) is 23.9 Å². The Balaban J connectivity index is 2.85. The van der Waals surface area contributed by atoms with Crippen molar-refractivity contribution in [3.8, 4) is 0 Å². The van der Waals surface area contributed by atoms with E-state index < -0.39 is 23.8 Å². The summed E-state index contributed by atoms with van der Waals surface area (Å²) in [4.78, 5) is 49.5. The van der Waals surface area contributed by atoms with Crippen LogP contribution >= 0.6 is 23.5 Å². The lowest BCUT2D eigenvalue weighted by molar-refractivity contribution is -0.142. The standard InChI is InChI=1S/C24H37N3O6S2/c1-4-6-19(24(31)32)27-23(30)17(9-12-34-3)14-21(28)16-7-8-18(25)20(13-16)26-22(29)15-35-11-5-10-33-2/h7-8,13,17,19H,4-6,9-12,14-15,25H2,1-3H3,(H,26,29)(H,27,30)(H,31,32). The fraction of sp³-hybridized carbons (Fsp3) is 0.583. The Morgan fingerprint density at radius 2 is 1.91 bits per heavy atom. The first-order valence-corrected chi connectivity index (χ1v) is 14.1. The average Bonchev–Trinajstić information content (AvgIpc) is 2.82. The highest BCUT2D eigenvalue weighted by Crippen LogP contribution is 2.24. The van der Waals surface area contributed by atoms with Gasteiger partial charge >= 0.3 is 5.97 Å². The molecule has 2 amide bonds. The highest BCUT2D eigenvalue weighted by Gasteiger charge is 2.27. The van der Waals surface area contributed by atoms with E-state index in [1.54, 1.807) is 31.0 Å². The number of nitrogen functional groups attached to an aromatic ring is 1. The van der Waals surface area contributed by atoms with E-state index in [1.165, 1.54) is 17.8 Å². The number of ether oxygens (including phenoxy) is 1. The van der Waals surface area contributed by atoms with Crippen LogP contribution in [0.5, 0.6) is 0 Å². The fourth-order valence-corrected chi connectivity index (χ4v) is 4.50. The van der Waals surface area contributed by atoms with Gasteiger partial charge in [0.25, 0.3) is 0 Å². The molecule has 0 heterocycles. The zero-order chi connectivity index (χ0) is 26.2. The van der Waals surface area contributed by atoms with Crippen LogP contribution in [0.4, 0.5) is 11.4 Å². The maximum absolute atomic E-state index is 13.0. The second kappa shape index (κ2) is 17.2. The van der Waals surface area contributed by atoms with Crippen molar-refractivity contribution >= 4 is 58.5 Å². The number of carboxylic acids is 1. The second-order valence-electron chi connectivity index (χ2n) is 8.04. The molecule has 2 atom stereocenters. The zero-order valence-corrected chi connectivity index (χ0v) is 22.3. The molecule has 196 valence electrons. The molecule has 0 aliphatic heterocycles. The minimum atomic E-state index is -1.09. The molecule has 9 nitrogen and oxygen atoms in total. The first kappa shape index (κ1) is 30.8. The number of benzene rings is 1. The molecule has 0 saturated heterocycles. The summed E-state index contributed by atoms with van der Waals surface area (Å²) in [6.45, 7) is 2.48. The number of nitrogens with two attached hydrogens (primary N) is 1. The van der Waals surface area contributed by atoms with Gasteiger partial charge in [0.15, 0.2) is 5.78 Å². The Bertz CT molecular complexity index is 853. The van der Waals surface area contributed by atoms with Crippen molar-refractivity contribution in [1.29, 1.82) is 0 Å². The predicted molar refractivity (Wildman–Crippen MR) is 143 cm³/mol. The smallest absolute Gasteiger partial charge is 0.326 e. The van der Waals surface area contributed by atoms with E-state index in [4.69, 9.17) is 10.5 Å². The molecule has 0 aliphatic carbocycles. The second-order valence-corrected chi connectivity index (χ2v) is 10.1. The number of anilines is 2. The molecule has 0 spiro atoms. The monoisotopic (exact) mass is 527 g/mol. The molecule has 0 fully saturated rings.